The van der Waals surface area contributed by atoms with Crippen molar-refractivity contribution in [1.29, 1.82) is 0 Å². The van der Waals surface area contributed by atoms with Gasteiger partial charge < -0.3 is 33.2 Å². The number of hydrogen-bond acceptors (Lipinski definition) is 21. The van der Waals surface area contributed by atoms with E-state index in [0.29, 0.717) is 102 Å². The minimum atomic E-state index is -0.867. The number of allylic oxidation sites excluding steroid dienone is 8. The summed E-state index contributed by atoms with van der Waals surface area (Å²) in [4.78, 5) is 132. The lowest BCUT2D eigenvalue weighted by Crippen LogP contribution is -2.14. The highest BCUT2D eigenvalue weighted by molar-refractivity contribution is 6.28. The van der Waals surface area contributed by atoms with Crippen LogP contribution in [0, 0.1) is 137 Å². The van der Waals surface area contributed by atoms with Crippen molar-refractivity contribution in [2.24, 2.45) is 23.7 Å². The normalized spacial score (nSPS) is 15.1. The third kappa shape index (κ3) is 25.3. The molecule has 0 saturated carbocycles. The second kappa shape index (κ2) is 46.7. The van der Waals surface area contributed by atoms with Gasteiger partial charge in [-0.05, 0) is 297 Å². The summed E-state index contributed by atoms with van der Waals surface area (Å²) in [6.07, 6.45) is 8.01. The molecule has 4 aromatic heterocycles. The molecule has 7 aromatic carbocycles. The number of aromatic nitrogens is 4. The highest BCUT2D eigenvalue weighted by Crippen LogP contribution is 2.46. The van der Waals surface area contributed by atoms with Gasteiger partial charge in [0.15, 0.2) is 23.1 Å². The lowest BCUT2D eigenvalue weighted by molar-refractivity contribution is -0.384. The number of para-hydroxylation sites is 1. The molecular formula is C114H103N5O17. The number of ether oxygens (including phenoxy) is 7. The fourth-order valence-electron chi connectivity index (χ4n) is 17.3. The number of nitrogens with zero attached hydrogens (tertiary/aromatic N) is 5. The summed E-state index contributed by atoms with van der Waals surface area (Å²) in [5, 5.41) is 10.9. The zero-order valence-corrected chi connectivity index (χ0v) is 78.4. The number of non-ortho nitro benzene ring substituents is 1. The Kier molecular flexibility index (Phi) is 33.9. The van der Waals surface area contributed by atoms with Crippen molar-refractivity contribution in [2.45, 2.75) is 154 Å². The number of pyridine rings is 4. The first-order valence-corrected chi connectivity index (χ1v) is 44.5. The molecule has 4 aliphatic carbocycles. The summed E-state index contributed by atoms with van der Waals surface area (Å²) in [5.74, 6) is 23.0. The Bertz CT molecular complexity index is 6720. The van der Waals surface area contributed by atoms with E-state index >= 15 is 0 Å². The Morgan fingerprint density at radius 2 is 0.662 bits per heavy atom. The van der Waals surface area contributed by atoms with E-state index in [4.69, 9.17) is 33.2 Å². The Labute approximate surface area is 792 Å². The van der Waals surface area contributed by atoms with E-state index in [9.17, 15) is 48.5 Å². The van der Waals surface area contributed by atoms with E-state index < -0.39 is 35.1 Å². The van der Waals surface area contributed by atoms with Crippen LogP contribution in [0.15, 0.2) is 254 Å². The number of aryl methyl sites for hydroxylation is 8. The largest absolute Gasteiger partial charge is 0.519 e. The van der Waals surface area contributed by atoms with Crippen molar-refractivity contribution in [3.63, 3.8) is 0 Å². The number of benzene rings is 7. The summed E-state index contributed by atoms with van der Waals surface area (Å²) in [6, 6.07) is 60.7. The second-order valence-electron chi connectivity index (χ2n) is 33.3. The van der Waals surface area contributed by atoms with Gasteiger partial charge in [-0.15, -0.1) is 23.7 Å². The van der Waals surface area contributed by atoms with Crippen LogP contribution in [-0.4, -0.2) is 85.1 Å². The molecule has 0 saturated heterocycles. The van der Waals surface area contributed by atoms with Crippen molar-refractivity contribution in [3.05, 3.63) is 387 Å². The first-order chi connectivity index (χ1) is 65.5. The molecule has 15 rings (SSSR count). The van der Waals surface area contributed by atoms with Gasteiger partial charge >= 0.3 is 24.2 Å². The molecule has 0 fully saturated rings. The first-order valence-electron chi connectivity index (χ1n) is 44.5. The van der Waals surface area contributed by atoms with Crippen molar-refractivity contribution >= 4 is 75.4 Å². The Morgan fingerprint density at radius 1 is 0.368 bits per heavy atom. The van der Waals surface area contributed by atoms with Gasteiger partial charge in [0.25, 0.3) is 5.69 Å². The molecule has 4 atom stereocenters. The topological polar surface area (TPSA) is 296 Å². The highest BCUT2D eigenvalue weighted by atomic mass is 16.7. The number of nitro benzene ring substituents is 1. The lowest BCUT2D eigenvalue weighted by Gasteiger charge is -2.14. The molecule has 0 N–H and O–H groups in total. The van der Waals surface area contributed by atoms with Crippen LogP contribution in [-0.2, 0) is 73.3 Å². The third-order valence-corrected chi connectivity index (χ3v) is 22.9. The summed E-state index contributed by atoms with van der Waals surface area (Å²) in [6.45, 7) is 25.9. The van der Waals surface area contributed by atoms with Crippen LogP contribution >= 0.6 is 0 Å². The van der Waals surface area contributed by atoms with Crippen molar-refractivity contribution in [2.75, 3.05) is 6.79 Å². The van der Waals surface area contributed by atoms with E-state index in [-0.39, 0.29) is 71.5 Å². The van der Waals surface area contributed by atoms with Crippen LogP contribution in [0.25, 0.3) is 22.3 Å². The third-order valence-electron chi connectivity index (χ3n) is 22.9. The average molecular weight is 1820 g/mol. The number of esters is 2. The maximum atomic E-state index is 13.7. The van der Waals surface area contributed by atoms with Gasteiger partial charge in [-0.25, -0.2) is 19.2 Å². The number of carbonyl (C=O) groups is 8. The van der Waals surface area contributed by atoms with Crippen LogP contribution in [0.2, 0.25) is 0 Å². The van der Waals surface area contributed by atoms with Gasteiger partial charge in [0.2, 0.25) is 6.79 Å². The SMILES string of the molecule is CC#Cc1cc(C)c(C2=C(OC(=O)OC(C)C)CC(Cc3ccccn3)C2=O)c(C)c1.CC#Cc1cc(C)c(C2=C(OC(=O)Oc3ccccc3)CC(Cc3ccccn3)C2=O)c(C)c1.CC#Cc1cc(C)c(C2=C(OC(=O)c3ccc([N+](=O)[O-])cc3)CC(Cc3ccccn3)C2=O)c(C)c1.CC#Cc1cc(C)c(C2=C(OCOC(=O)c3ccccc3)CC(Cc3ccccn3)C2=O)c(C)c1. The molecule has 0 aliphatic heterocycles. The van der Waals surface area contributed by atoms with Gasteiger partial charge in [0.1, 0.15) is 28.8 Å². The number of carbonyl (C=O) groups excluding carboxylic acids is 8. The zero-order valence-electron chi connectivity index (χ0n) is 78.4. The molecule has 136 heavy (non-hydrogen) atoms. The second-order valence-corrected chi connectivity index (χ2v) is 33.3. The van der Waals surface area contributed by atoms with Crippen LogP contribution in [0.1, 0.15) is 200 Å². The standard InChI is InChI=1S/C30H27NO4.C29H24N2O5.C29H25NO4.C26H27NO4/c1-4-10-22-15-20(2)27(21(3)16-22)28-26(34-19-35-30(33)23-11-6-5-7-12-23)18-24(29(28)32)17-25-13-8-9-14-31-25;1-4-7-20-14-18(2)26(19(3)15-20)27-25(17-22(28(27)32)16-23-8-5-6-13-30-23)36-29(33)21-9-11-24(12-10-21)31(34)35;1-4-10-21-15-19(2)26(20(3)16-21)27-25(34-29(32)33-24-12-6-5-7-13-24)18-22(28(27)31)17-23-11-8-9-14-30-23;1-6-9-19-12-17(4)23(18(5)13-19)24-22(31-26(29)30-16(2)3)15-20(25(24)28)14-21-10-7-8-11-27-21/h5-9,11-16,24H,17-19H2,1-3H3;5-6,8-15,22H,16-17H2,1-3H3;5-9,11-16,22H,17-18H2,1-3H3;7-8,10-13,16,20H,14-15H2,1-5H3. The van der Waals surface area contributed by atoms with Crippen LogP contribution in [0.4, 0.5) is 15.3 Å². The molecule has 4 aliphatic rings. The maximum absolute atomic E-state index is 13.7. The van der Waals surface area contributed by atoms with Crippen molar-refractivity contribution in [1.82, 2.24) is 19.9 Å². The summed E-state index contributed by atoms with van der Waals surface area (Å²) >= 11 is 0. The Balaban J connectivity index is 0.000000163. The van der Waals surface area contributed by atoms with Crippen molar-refractivity contribution < 1.29 is 76.4 Å². The smallest absolute Gasteiger partial charge is 0.461 e. The molecule has 4 unspecified atom stereocenters. The molecule has 22 heteroatoms. The zero-order chi connectivity index (χ0) is 97.2. The maximum Gasteiger partial charge on any atom is 0.519 e. The van der Waals surface area contributed by atoms with E-state index in [2.05, 4.69) is 67.3 Å². The molecule has 22 nitrogen and oxygen atoms in total. The number of hydrogen-bond donors (Lipinski definition) is 0. The van der Waals surface area contributed by atoms with Gasteiger partial charge in [0.05, 0.1) is 44.4 Å². The molecule has 0 bridgehead atoms. The lowest BCUT2D eigenvalue weighted by atomic mass is 9.89. The predicted octanol–water partition coefficient (Wildman–Crippen LogP) is 21.8. The van der Waals surface area contributed by atoms with E-state index in [0.717, 1.165) is 112 Å². The molecule has 0 radical (unpaired) electrons. The number of nitro groups is 1. The highest BCUT2D eigenvalue weighted by Gasteiger charge is 2.43. The Hall–Kier alpha value is -16.3. The van der Waals surface area contributed by atoms with Crippen LogP contribution < -0.4 is 4.74 Å². The molecule has 0 spiro atoms. The molecule has 686 valence electrons. The van der Waals surface area contributed by atoms with E-state index in [1.165, 1.54) is 24.3 Å². The fraction of sp³-hybridized carbons (Fsp3) is 0.246. The van der Waals surface area contributed by atoms with Gasteiger partial charge in [-0.1, -0.05) is 84.3 Å². The molecular weight excluding hydrogens is 1710 g/mol. The summed E-state index contributed by atoms with van der Waals surface area (Å²) in [5.41, 5.74) is 19.5. The first kappa shape index (κ1) is 98.7. The number of Topliss-reactive ketones (excluding diaryl/α,β-unsaturated/α-hetero) is 4. The van der Waals surface area contributed by atoms with Gasteiger partial charge in [0, 0.05) is 157 Å². The fourth-order valence-corrected chi connectivity index (χ4v) is 17.3. The summed E-state index contributed by atoms with van der Waals surface area (Å²) < 4.78 is 38.8. The molecule has 11 aromatic rings. The average Bonchev–Trinajstić information content (AvgIpc) is 1.63. The van der Waals surface area contributed by atoms with Crippen LogP contribution in [0.3, 0.4) is 0 Å². The van der Waals surface area contributed by atoms with Gasteiger partial charge in [-0.3, -0.25) is 49.2 Å². The Morgan fingerprint density at radius 3 is 0.971 bits per heavy atom. The number of ketones is 4. The summed E-state index contributed by atoms with van der Waals surface area (Å²) in [7, 11) is 0. The molecule has 4 heterocycles. The number of rotatable bonds is 23. The van der Waals surface area contributed by atoms with E-state index in [1.807, 2.05) is 189 Å². The van der Waals surface area contributed by atoms with Crippen molar-refractivity contribution in [3.8, 4) is 53.1 Å². The quantitative estimate of drug-likeness (QED) is 0.0109. The minimum Gasteiger partial charge on any atom is -0.461 e. The van der Waals surface area contributed by atoms with E-state index in [1.54, 1.807) is 115 Å². The molecule has 0 amide bonds. The predicted molar refractivity (Wildman–Crippen MR) is 518 cm³/mol. The van der Waals surface area contributed by atoms with Crippen LogP contribution in [0.5, 0.6) is 5.75 Å². The monoisotopic (exact) mass is 1810 g/mol. The minimum absolute atomic E-state index is 0.0144. The van der Waals surface area contributed by atoms with Gasteiger partial charge in [-0.2, -0.15) is 0 Å².